The normalized spacial score (nSPS) is 15.6. The van der Waals surface area contributed by atoms with Gasteiger partial charge in [0.05, 0.1) is 0 Å². The molecule has 1 saturated heterocycles. The highest BCUT2D eigenvalue weighted by Gasteiger charge is 2.18. The van der Waals surface area contributed by atoms with Crippen LogP contribution in [0.2, 0.25) is 5.02 Å². The van der Waals surface area contributed by atoms with Crippen molar-refractivity contribution in [2.45, 2.75) is 32.2 Å². The molecule has 0 radical (unpaired) electrons. The van der Waals surface area contributed by atoms with E-state index in [1.165, 1.54) is 12.8 Å². The number of likely N-dealkylation sites (tertiary alicyclic amines) is 1. The van der Waals surface area contributed by atoms with Crippen molar-refractivity contribution >= 4 is 17.5 Å². The third-order valence-corrected chi connectivity index (χ3v) is 4.13. The van der Waals surface area contributed by atoms with E-state index in [-0.39, 0.29) is 12.5 Å². The first-order valence-corrected chi connectivity index (χ1v) is 7.92. The van der Waals surface area contributed by atoms with E-state index in [1.54, 1.807) is 16.8 Å². The van der Waals surface area contributed by atoms with Gasteiger partial charge in [-0.25, -0.2) is 4.68 Å². The van der Waals surface area contributed by atoms with E-state index in [1.807, 2.05) is 17.0 Å². The van der Waals surface area contributed by atoms with Crippen molar-refractivity contribution in [2.24, 2.45) is 0 Å². The van der Waals surface area contributed by atoms with E-state index >= 15 is 0 Å². The molecule has 0 saturated carbocycles. The number of halogens is 1. The predicted molar refractivity (Wildman–Crippen MR) is 83.3 cm³/mol. The lowest BCUT2D eigenvalue weighted by atomic mass is 10.2. The smallest absolute Gasteiger partial charge is 0.244 e. The van der Waals surface area contributed by atoms with E-state index in [9.17, 15) is 4.79 Å². The van der Waals surface area contributed by atoms with Crippen LogP contribution in [0.15, 0.2) is 24.3 Å². The Balaban J connectivity index is 1.74. The Morgan fingerprint density at radius 1 is 1.09 bits per heavy atom. The molecular formula is C15H18ClN5O. The molecule has 1 aromatic heterocycles. The van der Waals surface area contributed by atoms with Crippen LogP contribution in [0.4, 0.5) is 0 Å². The molecule has 116 valence electrons. The third-order valence-electron chi connectivity index (χ3n) is 3.88. The van der Waals surface area contributed by atoms with Crippen LogP contribution in [0.25, 0.3) is 11.4 Å². The molecule has 3 rings (SSSR count). The first-order chi connectivity index (χ1) is 10.7. The van der Waals surface area contributed by atoms with Gasteiger partial charge in [-0.3, -0.25) is 4.79 Å². The van der Waals surface area contributed by atoms with Crippen molar-refractivity contribution in [1.82, 2.24) is 25.1 Å². The number of carbonyl (C=O) groups excluding carboxylic acids is 1. The standard InChI is InChI=1S/C15H18ClN5O/c16-13-7-5-12(6-8-13)15-17-18-19-21(15)11-14(22)20-9-3-1-2-4-10-20/h5-8H,1-4,9-11H2. The van der Waals surface area contributed by atoms with Crippen molar-refractivity contribution in [1.29, 1.82) is 0 Å². The zero-order valence-corrected chi connectivity index (χ0v) is 13.0. The van der Waals surface area contributed by atoms with Gasteiger partial charge in [0, 0.05) is 23.7 Å². The predicted octanol–water partition coefficient (Wildman–Crippen LogP) is 2.40. The summed E-state index contributed by atoms with van der Waals surface area (Å²) >= 11 is 5.89. The molecule has 6 nitrogen and oxygen atoms in total. The van der Waals surface area contributed by atoms with Crippen LogP contribution in [-0.4, -0.2) is 44.1 Å². The van der Waals surface area contributed by atoms with Crippen molar-refractivity contribution in [3.8, 4) is 11.4 Å². The highest BCUT2D eigenvalue weighted by molar-refractivity contribution is 6.30. The van der Waals surface area contributed by atoms with Crippen molar-refractivity contribution in [3.63, 3.8) is 0 Å². The lowest BCUT2D eigenvalue weighted by molar-refractivity contribution is -0.132. The Hall–Kier alpha value is -1.95. The molecule has 0 aliphatic carbocycles. The molecule has 22 heavy (non-hydrogen) atoms. The van der Waals surface area contributed by atoms with Crippen molar-refractivity contribution in [2.75, 3.05) is 13.1 Å². The molecule has 1 amide bonds. The first kappa shape index (κ1) is 15.0. The van der Waals surface area contributed by atoms with Crippen LogP contribution < -0.4 is 0 Å². The van der Waals surface area contributed by atoms with E-state index in [4.69, 9.17) is 11.6 Å². The summed E-state index contributed by atoms with van der Waals surface area (Å²) in [5.74, 6) is 0.657. The molecule has 2 heterocycles. The molecule has 1 aromatic carbocycles. The molecule has 0 bridgehead atoms. The second kappa shape index (κ2) is 6.87. The van der Waals surface area contributed by atoms with Crippen LogP contribution in [0.1, 0.15) is 25.7 Å². The lowest BCUT2D eigenvalue weighted by Gasteiger charge is -2.20. The summed E-state index contributed by atoms with van der Waals surface area (Å²) in [6.45, 7) is 1.83. The monoisotopic (exact) mass is 319 g/mol. The van der Waals surface area contributed by atoms with Crippen molar-refractivity contribution in [3.05, 3.63) is 29.3 Å². The van der Waals surface area contributed by atoms with E-state index in [2.05, 4.69) is 15.5 Å². The van der Waals surface area contributed by atoms with Crippen LogP contribution in [-0.2, 0) is 11.3 Å². The van der Waals surface area contributed by atoms with E-state index < -0.39 is 0 Å². The minimum absolute atomic E-state index is 0.0735. The molecule has 2 aromatic rings. The minimum atomic E-state index is 0.0735. The fourth-order valence-corrected chi connectivity index (χ4v) is 2.79. The zero-order valence-electron chi connectivity index (χ0n) is 12.3. The van der Waals surface area contributed by atoms with Gasteiger partial charge in [0.1, 0.15) is 6.54 Å². The molecule has 0 unspecified atom stereocenters. The average molecular weight is 320 g/mol. The Morgan fingerprint density at radius 3 is 2.45 bits per heavy atom. The van der Waals surface area contributed by atoms with E-state index in [0.717, 1.165) is 31.5 Å². The largest absolute Gasteiger partial charge is 0.341 e. The molecule has 1 aliphatic rings. The second-order valence-corrected chi connectivity index (χ2v) is 5.90. The third kappa shape index (κ3) is 3.44. The molecule has 7 heteroatoms. The number of hydrogen-bond donors (Lipinski definition) is 0. The summed E-state index contributed by atoms with van der Waals surface area (Å²) in [6, 6.07) is 7.26. The lowest BCUT2D eigenvalue weighted by Crippen LogP contribution is -2.35. The zero-order chi connectivity index (χ0) is 15.4. The van der Waals surface area contributed by atoms with Gasteiger partial charge < -0.3 is 4.90 Å². The Kier molecular flexibility index (Phi) is 4.68. The number of benzene rings is 1. The maximum atomic E-state index is 12.4. The van der Waals surface area contributed by atoms with Gasteiger partial charge in [-0.1, -0.05) is 24.4 Å². The van der Waals surface area contributed by atoms with Crippen LogP contribution >= 0.6 is 11.6 Å². The number of hydrogen-bond acceptors (Lipinski definition) is 4. The Morgan fingerprint density at radius 2 is 1.77 bits per heavy atom. The van der Waals surface area contributed by atoms with Gasteiger partial charge in [0.25, 0.3) is 0 Å². The van der Waals surface area contributed by atoms with Gasteiger partial charge in [0.15, 0.2) is 5.82 Å². The van der Waals surface area contributed by atoms with E-state index in [0.29, 0.717) is 10.8 Å². The number of amides is 1. The molecule has 0 atom stereocenters. The summed E-state index contributed by atoms with van der Waals surface area (Å²) in [5.41, 5.74) is 0.845. The SMILES string of the molecule is O=C(Cn1nnnc1-c1ccc(Cl)cc1)N1CCCCCC1. The van der Waals surface area contributed by atoms with Gasteiger partial charge in [-0.05, 0) is 47.5 Å². The maximum Gasteiger partial charge on any atom is 0.244 e. The van der Waals surface area contributed by atoms with Gasteiger partial charge >= 0.3 is 0 Å². The molecule has 0 N–H and O–H groups in total. The highest BCUT2D eigenvalue weighted by atomic mass is 35.5. The molecule has 1 fully saturated rings. The number of tetrazole rings is 1. The molecule has 1 aliphatic heterocycles. The molecule has 0 spiro atoms. The quantitative estimate of drug-likeness (QED) is 0.871. The maximum absolute atomic E-state index is 12.4. The fourth-order valence-electron chi connectivity index (χ4n) is 2.67. The number of rotatable bonds is 3. The van der Waals surface area contributed by atoms with Gasteiger partial charge in [0.2, 0.25) is 5.91 Å². The highest BCUT2D eigenvalue weighted by Crippen LogP contribution is 2.19. The van der Waals surface area contributed by atoms with Gasteiger partial charge in [-0.2, -0.15) is 0 Å². The summed E-state index contributed by atoms with van der Waals surface area (Å²) in [7, 11) is 0. The summed E-state index contributed by atoms with van der Waals surface area (Å²) in [4.78, 5) is 14.4. The van der Waals surface area contributed by atoms with Crippen LogP contribution in [0.5, 0.6) is 0 Å². The summed E-state index contributed by atoms with van der Waals surface area (Å²) in [6.07, 6.45) is 4.55. The van der Waals surface area contributed by atoms with Gasteiger partial charge in [-0.15, -0.1) is 5.10 Å². The topological polar surface area (TPSA) is 63.9 Å². The summed E-state index contributed by atoms with van der Waals surface area (Å²) in [5, 5.41) is 12.3. The Labute approximate surface area is 134 Å². The average Bonchev–Trinajstić information content (AvgIpc) is 2.81. The minimum Gasteiger partial charge on any atom is -0.341 e. The molecular weight excluding hydrogens is 302 g/mol. The number of nitrogens with zero attached hydrogens (tertiary/aromatic N) is 5. The Bertz CT molecular complexity index is 632. The first-order valence-electron chi connectivity index (χ1n) is 7.54. The second-order valence-electron chi connectivity index (χ2n) is 5.46. The fraction of sp³-hybridized carbons (Fsp3) is 0.467. The number of carbonyl (C=O) groups is 1. The van der Waals surface area contributed by atoms with Crippen LogP contribution in [0.3, 0.4) is 0 Å². The van der Waals surface area contributed by atoms with Crippen LogP contribution in [0, 0.1) is 0 Å². The van der Waals surface area contributed by atoms with Crippen molar-refractivity contribution < 1.29 is 4.79 Å². The number of aromatic nitrogens is 4. The summed E-state index contributed by atoms with van der Waals surface area (Å²) < 4.78 is 1.55.